The second-order valence-corrected chi connectivity index (χ2v) is 6.64. The zero-order chi connectivity index (χ0) is 17.8. The lowest BCUT2D eigenvalue weighted by Crippen LogP contribution is -2.37. The summed E-state index contributed by atoms with van der Waals surface area (Å²) in [5, 5.41) is 7.13. The summed E-state index contributed by atoms with van der Waals surface area (Å²) in [7, 11) is 0. The quantitative estimate of drug-likeness (QED) is 0.716. The van der Waals surface area contributed by atoms with E-state index >= 15 is 0 Å². The van der Waals surface area contributed by atoms with Gasteiger partial charge >= 0.3 is 0 Å². The van der Waals surface area contributed by atoms with E-state index in [9.17, 15) is 0 Å². The summed E-state index contributed by atoms with van der Waals surface area (Å²) in [6, 6.07) is 31.8. The minimum absolute atomic E-state index is 0.0593. The van der Waals surface area contributed by atoms with Gasteiger partial charge in [-0.3, -0.25) is 0 Å². The maximum atomic E-state index is 4.98. The van der Waals surface area contributed by atoms with E-state index in [1.54, 1.807) is 0 Å². The molecule has 1 heterocycles. The van der Waals surface area contributed by atoms with Gasteiger partial charge in [-0.25, -0.2) is 4.99 Å². The fraction of sp³-hybridized carbons (Fsp3) is 0.174. The first kappa shape index (κ1) is 16.4. The smallest absolute Gasteiger partial charge is 0.193 e. The van der Waals surface area contributed by atoms with Gasteiger partial charge in [0.1, 0.15) is 6.04 Å². The van der Waals surface area contributed by atoms with E-state index in [1.165, 1.54) is 16.7 Å². The topological polar surface area (TPSA) is 36.4 Å². The highest BCUT2D eigenvalue weighted by molar-refractivity contribution is 5.83. The maximum Gasteiger partial charge on any atom is 0.193 e. The van der Waals surface area contributed by atoms with Gasteiger partial charge in [0.15, 0.2) is 5.96 Å². The molecule has 0 radical (unpaired) electrons. The Kier molecular flexibility index (Phi) is 4.69. The number of benzene rings is 3. The maximum absolute atomic E-state index is 4.98. The molecule has 4 rings (SSSR count). The molecule has 0 aliphatic carbocycles. The standard InChI is InChI=1S/C23H23N3/c1-17(18-11-5-2-6-12-18)24-23-25-21(19-13-7-3-8-14-19)22(26-23)20-15-9-4-10-16-20/h2-17,21-22H,1H3,(H2,24,25,26)/t17-,21+,22+/m1/s1. The molecule has 0 fully saturated rings. The van der Waals surface area contributed by atoms with Crippen LogP contribution in [-0.4, -0.2) is 5.96 Å². The summed E-state index contributed by atoms with van der Waals surface area (Å²) in [5.74, 6) is 0.851. The second-order valence-electron chi connectivity index (χ2n) is 6.64. The number of guanidine groups is 1. The SMILES string of the molecule is C[C@@H](NC1=N[C@@H](c2ccccc2)[C@H](c2ccccc2)N1)c1ccccc1. The van der Waals surface area contributed by atoms with Crippen molar-refractivity contribution in [2.45, 2.75) is 25.0 Å². The molecule has 0 spiro atoms. The Morgan fingerprint density at radius 2 is 1.31 bits per heavy atom. The van der Waals surface area contributed by atoms with Gasteiger partial charge in [0.2, 0.25) is 0 Å². The number of nitrogens with zero attached hydrogens (tertiary/aromatic N) is 1. The summed E-state index contributed by atoms with van der Waals surface area (Å²) in [6.07, 6.45) is 0. The fourth-order valence-corrected chi connectivity index (χ4v) is 3.43. The molecule has 1 aliphatic rings. The van der Waals surface area contributed by atoms with Crippen LogP contribution < -0.4 is 10.6 Å². The van der Waals surface area contributed by atoms with E-state index < -0.39 is 0 Å². The lowest BCUT2D eigenvalue weighted by molar-refractivity contribution is 0.568. The third kappa shape index (κ3) is 3.47. The molecule has 3 heteroatoms. The van der Waals surface area contributed by atoms with Gasteiger partial charge in [0.05, 0.1) is 12.1 Å². The van der Waals surface area contributed by atoms with Crippen LogP contribution in [0.15, 0.2) is 96.0 Å². The van der Waals surface area contributed by atoms with Crippen molar-refractivity contribution in [3.05, 3.63) is 108 Å². The predicted octanol–water partition coefficient (Wildman–Crippen LogP) is 4.78. The monoisotopic (exact) mass is 341 g/mol. The van der Waals surface area contributed by atoms with Crippen LogP contribution in [0.2, 0.25) is 0 Å². The highest BCUT2D eigenvalue weighted by atomic mass is 15.3. The highest BCUT2D eigenvalue weighted by Gasteiger charge is 2.31. The Labute approximate surface area is 154 Å². The Balaban J connectivity index is 1.60. The first-order chi connectivity index (χ1) is 12.8. The van der Waals surface area contributed by atoms with Gasteiger partial charge in [0.25, 0.3) is 0 Å². The van der Waals surface area contributed by atoms with Crippen molar-refractivity contribution in [3.63, 3.8) is 0 Å². The van der Waals surface area contributed by atoms with Crippen molar-refractivity contribution in [1.82, 2.24) is 10.6 Å². The summed E-state index contributed by atoms with van der Waals surface area (Å²) in [5.41, 5.74) is 3.71. The van der Waals surface area contributed by atoms with Gasteiger partial charge in [-0.1, -0.05) is 91.0 Å². The van der Waals surface area contributed by atoms with Crippen LogP contribution in [-0.2, 0) is 0 Å². The molecule has 3 atom stereocenters. The molecule has 3 aromatic carbocycles. The molecule has 0 saturated heterocycles. The summed E-state index contributed by atoms with van der Waals surface area (Å²) < 4.78 is 0. The van der Waals surface area contributed by atoms with Gasteiger partial charge in [-0.05, 0) is 23.6 Å². The Bertz CT molecular complexity index is 860. The lowest BCUT2D eigenvalue weighted by atomic mass is 9.95. The molecule has 2 N–H and O–H groups in total. The molecule has 130 valence electrons. The van der Waals surface area contributed by atoms with E-state index in [1.807, 2.05) is 18.2 Å². The number of hydrogen-bond donors (Lipinski definition) is 2. The first-order valence-electron chi connectivity index (χ1n) is 9.07. The third-order valence-corrected chi connectivity index (χ3v) is 4.83. The van der Waals surface area contributed by atoms with E-state index in [2.05, 4.69) is 90.4 Å². The minimum Gasteiger partial charge on any atom is -0.350 e. The molecule has 0 amide bonds. The first-order valence-corrected chi connectivity index (χ1v) is 9.07. The molecule has 0 aromatic heterocycles. The van der Waals surface area contributed by atoms with E-state index in [4.69, 9.17) is 4.99 Å². The van der Waals surface area contributed by atoms with Crippen LogP contribution >= 0.6 is 0 Å². The molecule has 1 aliphatic heterocycles. The molecule has 0 unspecified atom stereocenters. The average Bonchev–Trinajstić information content (AvgIpc) is 3.14. The number of nitrogens with one attached hydrogen (secondary N) is 2. The van der Waals surface area contributed by atoms with E-state index in [0.29, 0.717) is 0 Å². The largest absolute Gasteiger partial charge is 0.350 e. The Morgan fingerprint density at radius 1 is 0.769 bits per heavy atom. The van der Waals surface area contributed by atoms with Gasteiger partial charge in [-0.2, -0.15) is 0 Å². The summed E-state index contributed by atoms with van der Waals surface area (Å²) in [4.78, 5) is 4.98. The molecule has 3 nitrogen and oxygen atoms in total. The van der Waals surface area contributed by atoms with Crippen molar-refractivity contribution in [1.29, 1.82) is 0 Å². The normalized spacial score (nSPS) is 20.1. The number of hydrogen-bond acceptors (Lipinski definition) is 3. The fourth-order valence-electron chi connectivity index (χ4n) is 3.43. The van der Waals surface area contributed by atoms with Crippen LogP contribution in [0, 0.1) is 0 Å². The summed E-state index contributed by atoms with van der Waals surface area (Å²) >= 11 is 0. The zero-order valence-corrected chi connectivity index (χ0v) is 14.8. The molecule has 0 saturated carbocycles. The van der Waals surface area contributed by atoms with Gasteiger partial charge in [-0.15, -0.1) is 0 Å². The third-order valence-electron chi connectivity index (χ3n) is 4.83. The zero-order valence-electron chi connectivity index (χ0n) is 14.8. The number of aliphatic imine (C=N–C) groups is 1. The predicted molar refractivity (Wildman–Crippen MR) is 107 cm³/mol. The minimum atomic E-state index is 0.0593. The summed E-state index contributed by atoms with van der Waals surface area (Å²) in [6.45, 7) is 2.16. The van der Waals surface area contributed by atoms with Crippen LogP contribution in [0.4, 0.5) is 0 Å². The van der Waals surface area contributed by atoms with E-state index in [-0.39, 0.29) is 18.1 Å². The Hall–Kier alpha value is -3.07. The van der Waals surface area contributed by atoms with Crippen LogP contribution in [0.5, 0.6) is 0 Å². The van der Waals surface area contributed by atoms with Crippen molar-refractivity contribution < 1.29 is 0 Å². The van der Waals surface area contributed by atoms with Crippen LogP contribution in [0.1, 0.15) is 41.7 Å². The molecular formula is C23H23N3. The molecule has 3 aromatic rings. The number of rotatable bonds is 4. The van der Waals surface area contributed by atoms with Crippen LogP contribution in [0.3, 0.4) is 0 Å². The van der Waals surface area contributed by atoms with Crippen molar-refractivity contribution in [3.8, 4) is 0 Å². The average molecular weight is 341 g/mol. The van der Waals surface area contributed by atoms with Crippen LogP contribution in [0.25, 0.3) is 0 Å². The molecule has 26 heavy (non-hydrogen) atoms. The van der Waals surface area contributed by atoms with Crippen molar-refractivity contribution >= 4 is 5.96 Å². The molecule has 0 bridgehead atoms. The van der Waals surface area contributed by atoms with Gasteiger partial charge in [0, 0.05) is 0 Å². The van der Waals surface area contributed by atoms with Crippen molar-refractivity contribution in [2.24, 2.45) is 4.99 Å². The molecular weight excluding hydrogens is 318 g/mol. The highest BCUT2D eigenvalue weighted by Crippen LogP contribution is 2.35. The lowest BCUT2D eigenvalue weighted by Gasteiger charge is -2.20. The van der Waals surface area contributed by atoms with Crippen molar-refractivity contribution in [2.75, 3.05) is 0 Å². The van der Waals surface area contributed by atoms with Gasteiger partial charge < -0.3 is 10.6 Å². The Morgan fingerprint density at radius 3 is 1.92 bits per heavy atom. The second kappa shape index (κ2) is 7.44. The van der Waals surface area contributed by atoms with E-state index in [0.717, 1.165) is 5.96 Å².